The summed E-state index contributed by atoms with van der Waals surface area (Å²) in [7, 11) is 1.25. The molecule has 3 heterocycles. The molecule has 0 aliphatic carbocycles. The van der Waals surface area contributed by atoms with Crippen molar-refractivity contribution in [2.75, 3.05) is 19.5 Å². The van der Waals surface area contributed by atoms with Gasteiger partial charge in [0.1, 0.15) is 29.6 Å². The van der Waals surface area contributed by atoms with E-state index in [4.69, 9.17) is 36.1 Å². The van der Waals surface area contributed by atoms with Crippen molar-refractivity contribution in [1.29, 1.82) is 0 Å². The lowest BCUT2D eigenvalue weighted by molar-refractivity contribution is -0.142. The number of nitrogens with one attached hydrogen (secondary N) is 2. The molecule has 1 saturated heterocycles. The van der Waals surface area contributed by atoms with Gasteiger partial charge in [0.25, 0.3) is 5.56 Å². The molecule has 6 N–H and O–H groups in total. The maximum atomic E-state index is 12.2. The van der Waals surface area contributed by atoms with E-state index in [-0.39, 0.29) is 23.7 Å². The van der Waals surface area contributed by atoms with Crippen LogP contribution in [0.5, 0.6) is 5.75 Å². The SMILES string of the molecule is COC(=O)C(C)NP(=S)(OC[C@H]1O[C@@H](n2cnc3c(=O)[nH]c(N)nc32)C(C)(O)[C@H]1O)Oc1cccc2ccccc12. The lowest BCUT2D eigenvalue weighted by Gasteiger charge is -2.28. The Morgan fingerprint density at radius 3 is 2.83 bits per heavy atom. The highest BCUT2D eigenvalue weighted by molar-refractivity contribution is 8.09. The summed E-state index contributed by atoms with van der Waals surface area (Å²) in [5.41, 5.74) is 3.30. The molecule has 1 fully saturated rings. The van der Waals surface area contributed by atoms with Gasteiger partial charge in [0.15, 0.2) is 17.4 Å². The van der Waals surface area contributed by atoms with Crippen LogP contribution in [-0.2, 0) is 30.6 Å². The zero-order valence-electron chi connectivity index (χ0n) is 22.3. The van der Waals surface area contributed by atoms with Crippen molar-refractivity contribution < 1.29 is 33.5 Å². The number of hydrogen-bond acceptors (Lipinski definition) is 12. The van der Waals surface area contributed by atoms with Gasteiger partial charge in [-0.25, -0.2) is 10.1 Å². The molecule has 4 aromatic rings. The number of nitrogens with two attached hydrogens (primary N) is 1. The highest BCUT2D eigenvalue weighted by Gasteiger charge is 2.54. The second kappa shape index (κ2) is 11.1. The third kappa shape index (κ3) is 5.57. The molecule has 5 rings (SSSR count). The van der Waals surface area contributed by atoms with Crippen molar-refractivity contribution in [2.45, 2.75) is 43.9 Å². The third-order valence-electron chi connectivity index (χ3n) is 6.74. The van der Waals surface area contributed by atoms with E-state index >= 15 is 0 Å². The van der Waals surface area contributed by atoms with E-state index in [1.54, 1.807) is 19.1 Å². The molecule has 3 unspecified atom stereocenters. The maximum Gasteiger partial charge on any atom is 0.323 e. The van der Waals surface area contributed by atoms with Crippen molar-refractivity contribution >= 4 is 52.3 Å². The number of ether oxygens (including phenoxy) is 2. The maximum absolute atomic E-state index is 12.2. The summed E-state index contributed by atoms with van der Waals surface area (Å²) in [6.45, 7) is -0.922. The first-order valence-electron chi connectivity index (χ1n) is 12.5. The number of anilines is 1. The van der Waals surface area contributed by atoms with Gasteiger partial charge < -0.3 is 34.5 Å². The highest BCUT2D eigenvalue weighted by atomic mass is 32.5. The predicted octanol–water partition coefficient (Wildman–Crippen LogP) is 1.34. The van der Waals surface area contributed by atoms with Gasteiger partial charge >= 0.3 is 12.6 Å². The molecule has 41 heavy (non-hydrogen) atoms. The fourth-order valence-corrected chi connectivity index (χ4v) is 7.04. The smallest absolute Gasteiger partial charge is 0.323 e. The first-order chi connectivity index (χ1) is 19.4. The van der Waals surface area contributed by atoms with Gasteiger partial charge in [-0.15, -0.1) is 0 Å². The van der Waals surface area contributed by atoms with Crippen LogP contribution in [0.15, 0.2) is 53.6 Å². The third-order valence-corrected chi connectivity index (χ3v) is 9.23. The average molecular weight is 605 g/mol. The number of aromatic nitrogens is 4. The van der Waals surface area contributed by atoms with Crippen LogP contribution in [0.2, 0.25) is 0 Å². The van der Waals surface area contributed by atoms with E-state index in [0.29, 0.717) is 5.75 Å². The van der Waals surface area contributed by atoms with Crippen LogP contribution in [-0.4, -0.2) is 73.3 Å². The van der Waals surface area contributed by atoms with Crippen LogP contribution < -0.4 is 20.9 Å². The van der Waals surface area contributed by atoms with Gasteiger partial charge in [-0.05, 0) is 37.1 Å². The number of hydrogen-bond donors (Lipinski definition) is 5. The molecule has 14 nitrogen and oxygen atoms in total. The minimum absolute atomic E-state index is 0.0206. The minimum atomic E-state index is -3.51. The minimum Gasteiger partial charge on any atom is -0.468 e. The lowest BCUT2D eigenvalue weighted by Crippen LogP contribution is -2.44. The number of esters is 1. The van der Waals surface area contributed by atoms with Crippen LogP contribution in [0.1, 0.15) is 20.1 Å². The first kappa shape index (κ1) is 29.1. The Kier molecular flexibility index (Phi) is 7.87. The molecule has 0 radical (unpaired) electrons. The fourth-order valence-electron chi connectivity index (χ4n) is 4.63. The van der Waals surface area contributed by atoms with Gasteiger partial charge in [0.2, 0.25) is 5.95 Å². The predicted molar refractivity (Wildman–Crippen MR) is 153 cm³/mol. The van der Waals surface area contributed by atoms with Gasteiger partial charge in [0.05, 0.1) is 20.0 Å². The number of aromatic amines is 1. The fraction of sp³-hybridized carbons (Fsp3) is 0.360. The molecule has 2 aromatic heterocycles. The van der Waals surface area contributed by atoms with Crippen molar-refractivity contribution in [3.05, 3.63) is 59.1 Å². The van der Waals surface area contributed by atoms with E-state index in [9.17, 15) is 19.8 Å². The molecular formula is C25H29N6O8PS. The van der Waals surface area contributed by atoms with E-state index in [1.807, 2.05) is 30.3 Å². The van der Waals surface area contributed by atoms with Crippen LogP contribution in [0.25, 0.3) is 21.9 Å². The number of aliphatic hydroxyl groups excluding tert-OH is 1. The number of imidazole rings is 1. The molecule has 6 atom stereocenters. The number of H-pyrrole nitrogens is 1. The summed E-state index contributed by atoms with van der Waals surface area (Å²) in [5.74, 6) is -0.315. The quantitative estimate of drug-likeness (QED) is 0.136. The number of carbonyl (C=O) groups excluding carboxylic acids is 1. The Labute approximate surface area is 238 Å². The molecule has 1 aliphatic rings. The largest absolute Gasteiger partial charge is 0.468 e. The zero-order chi connectivity index (χ0) is 29.5. The second-order valence-electron chi connectivity index (χ2n) is 9.71. The van der Waals surface area contributed by atoms with Crippen LogP contribution >= 0.6 is 6.64 Å². The Bertz CT molecular complexity index is 1710. The molecule has 0 saturated carbocycles. The summed E-state index contributed by atoms with van der Waals surface area (Å²) in [5, 5.41) is 26.9. The van der Waals surface area contributed by atoms with Crippen molar-refractivity contribution in [3.63, 3.8) is 0 Å². The van der Waals surface area contributed by atoms with E-state index in [1.165, 1.54) is 24.9 Å². The Balaban J connectivity index is 1.42. The van der Waals surface area contributed by atoms with Crippen molar-refractivity contribution in [1.82, 2.24) is 24.6 Å². The van der Waals surface area contributed by atoms with Crippen LogP contribution in [0.3, 0.4) is 0 Å². The Morgan fingerprint density at radius 1 is 1.34 bits per heavy atom. The molecule has 0 bridgehead atoms. The van der Waals surface area contributed by atoms with Gasteiger partial charge in [0, 0.05) is 5.39 Å². The van der Waals surface area contributed by atoms with Crippen molar-refractivity contribution in [3.8, 4) is 5.75 Å². The second-order valence-corrected chi connectivity index (χ2v) is 12.8. The molecule has 1 aliphatic heterocycles. The van der Waals surface area contributed by atoms with E-state index < -0.39 is 48.2 Å². The lowest BCUT2D eigenvalue weighted by atomic mass is 9.96. The normalized spacial score (nSPS) is 24.8. The first-order valence-corrected chi connectivity index (χ1v) is 15.1. The molecule has 16 heteroatoms. The summed E-state index contributed by atoms with van der Waals surface area (Å²) in [6, 6.07) is 12.1. The van der Waals surface area contributed by atoms with E-state index in [2.05, 4.69) is 20.0 Å². The monoisotopic (exact) mass is 604 g/mol. The van der Waals surface area contributed by atoms with Crippen LogP contribution in [0.4, 0.5) is 5.95 Å². The molecule has 218 valence electrons. The number of aliphatic hydroxyl groups is 2. The number of rotatable bonds is 9. The molecule has 0 spiro atoms. The molecular weight excluding hydrogens is 575 g/mol. The summed E-state index contributed by atoms with van der Waals surface area (Å²) < 4.78 is 24.4. The standard InChI is InChI=1S/C25H29N6O8PS/c1-13(22(34)36-3)30-40(41,39-16-10-6-8-14-7-4-5-9-15(14)16)37-11-17-19(32)25(2,35)23(38-17)31-12-27-18-20(31)28-24(26)29-21(18)33/h4-10,12-13,17,19,23,32,35H,11H2,1-3H3,(H,30,41)(H3,26,28,29,33)/t13?,17-,19+,23-,25?,40?/m1/s1. The number of nitrogen functional groups attached to an aromatic ring is 1. The molecule has 0 amide bonds. The van der Waals surface area contributed by atoms with E-state index in [0.717, 1.165) is 10.8 Å². The van der Waals surface area contributed by atoms with Gasteiger partial charge in [-0.1, -0.05) is 36.4 Å². The summed E-state index contributed by atoms with van der Waals surface area (Å²) in [6.07, 6.45) is -2.54. The van der Waals surface area contributed by atoms with Crippen LogP contribution in [0, 0.1) is 0 Å². The topological polar surface area (TPSA) is 196 Å². The van der Waals surface area contributed by atoms with Crippen molar-refractivity contribution in [2.24, 2.45) is 0 Å². The number of methoxy groups -OCH3 is 1. The summed E-state index contributed by atoms with van der Waals surface area (Å²) in [4.78, 5) is 34.9. The molecule has 2 aromatic carbocycles. The van der Waals surface area contributed by atoms with Gasteiger partial charge in [-0.2, -0.15) is 4.98 Å². The van der Waals surface area contributed by atoms with Gasteiger partial charge in [-0.3, -0.25) is 19.1 Å². The zero-order valence-corrected chi connectivity index (χ0v) is 24.0. The number of carbonyl (C=O) groups is 1. The highest BCUT2D eigenvalue weighted by Crippen LogP contribution is 2.48. The Hall–Kier alpha value is -3.43. The summed E-state index contributed by atoms with van der Waals surface area (Å²) >= 11 is 5.79. The number of benzene rings is 2. The average Bonchev–Trinajstić information content (AvgIpc) is 3.45. The Morgan fingerprint density at radius 2 is 2.07 bits per heavy atom. The number of fused-ring (bicyclic) bond motifs is 2. The number of nitrogens with zero attached hydrogens (tertiary/aromatic N) is 3.